The highest BCUT2D eigenvalue weighted by molar-refractivity contribution is 5.53. The lowest BCUT2D eigenvalue weighted by atomic mass is 10.2. The monoisotopic (exact) mass is 287 g/mol. The van der Waals surface area contributed by atoms with E-state index in [2.05, 4.69) is 6.58 Å². The first-order valence-electron chi connectivity index (χ1n) is 6.38. The van der Waals surface area contributed by atoms with Gasteiger partial charge in [0.05, 0.1) is 27.0 Å². The van der Waals surface area contributed by atoms with E-state index in [4.69, 9.17) is 19.9 Å². The average molecular weight is 287 g/mol. The summed E-state index contributed by atoms with van der Waals surface area (Å²) in [5.41, 5.74) is 7.18. The fourth-order valence-electron chi connectivity index (χ4n) is 1.61. The molecule has 4 nitrogen and oxygen atoms in total. The van der Waals surface area contributed by atoms with Crippen molar-refractivity contribution < 1.29 is 14.2 Å². The van der Waals surface area contributed by atoms with Gasteiger partial charge in [0.25, 0.3) is 0 Å². The Hall–Kier alpha value is -2.62. The molecule has 0 aliphatic carbocycles. The predicted molar refractivity (Wildman–Crippen MR) is 87.0 cm³/mol. The molecule has 0 bridgehead atoms. The lowest BCUT2D eigenvalue weighted by Gasteiger charge is -2.05. The highest BCUT2D eigenvalue weighted by Crippen LogP contribution is 2.22. The number of nitrogen functional groups attached to an aromatic ring is 1. The number of benzene rings is 2. The molecule has 0 amide bonds. The van der Waals surface area contributed by atoms with E-state index in [1.165, 1.54) is 0 Å². The molecule has 0 saturated heterocycles. The second-order valence-corrected chi connectivity index (χ2v) is 4.09. The van der Waals surface area contributed by atoms with Crippen LogP contribution in [0.25, 0.3) is 6.08 Å². The number of rotatable bonds is 4. The molecule has 2 rings (SSSR count). The molecule has 4 heteroatoms. The third kappa shape index (κ3) is 5.10. The Labute approximate surface area is 125 Å². The SMILES string of the molecule is C=Cc1cc(OC)cc(OC)c1.COc1ccccc1N. The van der Waals surface area contributed by atoms with Gasteiger partial charge in [-0.05, 0) is 29.8 Å². The van der Waals surface area contributed by atoms with Crippen molar-refractivity contribution in [3.8, 4) is 17.2 Å². The Bertz CT molecular complexity index is 560. The smallest absolute Gasteiger partial charge is 0.141 e. The van der Waals surface area contributed by atoms with E-state index < -0.39 is 0 Å². The van der Waals surface area contributed by atoms with Gasteiger partial charge in [-0.25, -0.2) is 0 Å². The van der Waals surface area contributed by atoms with Crippen molar-refractivity contribution in [2.75, 3.05) is 27.1 Å². The van der Waals surface area contributed by atoms with Gasteiger partial charge < -0.3 is 19.9 Å². The number of ether oxygens (including phenoxy) is 3. The molecule has 0 aromatic heterocycles. The normalized spacial score (nSPS) is 9.10. The van der Waals surface area contributed by atoms with Gasteiger partial charge in [0.1, 0.15) is 17.2 Å². The van der Waals surface area contributed by atoms with Crippen molar-refractivity contribution >= 4 is 11.8 Å². The van der Waals surface area contributed by atoms with Crippen LogP contribution < -0.4 is 19.9 Å². The Morgan fingerprint density at radius 1 is 0.905 bits per heavy atom. The van der Waals surface area contributed by atoms with E-state index in [-0.39, 0.29) is 0 Å². The van der Waals surface area contributed by atoms with Crippen molar-refractivity contribution in [2.24, 2.45) is 0 Å². The Balaban J connectivity index is 0.000000219. The zero-order valence-electron chi connectivity index (χ0n) is 12.6. The number of hydrogen-bond donors (Lipinski definition) is 1. The van der Waals surface area contributed by atoms with Crippen molar-refractivity contribution in [1.29, 1.82) is 0 Å². The van der Waals surface area contributed by atoms with E-state index in [9.17, 15) is 0 Å². The number of nitrogens with two attached hydrogens (primary N) is 1. The van der Waals surface area contributed by atoms with Gasteiger partial charge in [0.15, 0.2) is 0 Å². The van der Waals surface area contributed by atoms with Gasteiger partial charge in [0.2, 0.25) is 0 Å². The summed E-state index contributed by atoms with van der Waals surface area (Å²) >= 11 is 0. The molecule has 0 aliphatic rings. The molecule has 2 aromatic carbocycles. The quantitative estimate of drug-likeness (QED) is 0.873. The summed E-state index contributed by atoms with van der Waals surface area (Å²) in [6, 6.07) is 13.0. The fraction of sp³-hybridized carbons (Fsp3) is 0.176. The topological polar surface area (TPSA) is 53.7 Å². The highest BCUT2D eigenvalue weighted by atomic mass is 16.5. The zero-order chi connectivity index (χ0) is 15.7. The van der Waals surface area contributed by atoms with Crippen molar-refractivity contribution in [3.63, 3.8) is 0 Å². The van der Waals surface area contributed by atoms with Crippen LogP contribution in [0.5, 0.6) is 17.2 Å². The van der Waals surface area contributed by atoms with Gasteiger partial charge in [-0.2, -0.15) is 0 Å². The Kier molecular flexibility index (Phi) is 6.68. The van der Waals surface area contributed by atoms with Crippen LogP contribution in [0.3, 0.4) is 0 Å². The molecule has 2 aromatic rings. The van der Waals surface area contributed by atoms with Gasteiger partial charge >= 0.3 is 0 Å². The highest BCUT2D eigenvalue weighted by Gasteiger charge is 1.97. The number of anilines is 1. The summed E-state index contributed by atoms with van der Waals surface area (Å²) in [4.78, 5) is 0. The van der Waals surface area contributed by atoms with Crippen LogP contribution >= 0.6 is 0 Å². The largest absolute Gasteiger partial charge is 0.497 e. The maximum atomic E-state index is 5.51. The summed E-state index contributed by atoms with van der Waals surface area (Å²) in [6.45, 7) is 3.67. The first kappa shape index (κ1) is 16.4. The number of hydrogen-bond acceptors (Lipinski definition) is 4. The lowest BCUT2D eigenvalue weighted by molar-refractivity contribution is 0.394. The molecule has 0 atom stereocenters. The van der Waals surface area contributed by atoms with Crippen LogP contribution in [0, 0.1) is 0 Å². The third-order valence-electron chi connectivity index (χ3n) is 2.75. The van der Waals surface area contributed by atoms with Crippen molar-refractivity contribution in [3.05, 3.63) is 54.6 Å². The third-order valence-corrected chi connectivity index (χ3v) is 2.75. The van der Waals surface area contributed by atoms with Crippen LogP contribution in [0.15, 0.2) is 49.0 Å². The molecule has 21 heavy (non-hydrogen) atoms. The summed E-state index contributed by atoms with van der Waals surface area (Å²) < 4.78 is 15.1. The fourth-order valence-corrected chi connectivity index (χ4v) is 1.61. The Morgan fingerprint density at radius 3 is 1.86 bits per heavy atom. The van der Waals surface area contributed by atoms with E-state index in [0.717, 1.165) is 22.8 Å². The zero-order valence-corrected chi connectivity index (χ0v) is 12.6. The standard InChI is InChI=1S/C10H12O2.C7H9NO/c1-4-8-5-9(11-2)7-10(6-8)12-3;1-9-7-5-3-2-4-6(7)8/h4-7H,1H2,2-3H3;2-5H,8H2,1H3. The summed E-state index contributed by atoms with van der Waals surface area (Å²) in [5, 5.41) is 0. The maximum Gasteiger partial charge on any atom is 0.141 e. The predicted octanol–water partition coefficient (Wildman–Crippen LogP) is 3.62. The van der Waals surface area contributed by atoms with Gasteiger partial charge in [-0.15, -0.1) is 0 Å². The molecule has 0 spiro atoms. The van der Waals surface area contributed by atoms with E-state index in [1.807, 2.05) is 36.4 Å². The van der Waals surface area contributed by atoms with Crippen LogP contribution in [0.4, 0.5) is 5.69 Å². The molecular weight excluding hydrogens is 266 g/mol. The van der Waals surface area contributed by atoms with Crippen molar-refractivity contribution in [2.45, 2.75) is 0 Å². The molecule has 0 saturated carbocycles. The minimum Gasteiger partial charge on any atom is -0.497 e. The van der Waals surface area contributed by atoms with Gasteiger partial charge in [-0.3, -0.25) is 0 Å². The van der Waals surface area contributed by atoms with Crippen LogP contribution in [0.2, 0.25) is 0 Å². The second kappa shape index (κ2) is 8.53. The van der Waals surface area contributed by atoms with E-state index >= 15 is 0 Å². The van der Waals surface area contributed by atoms with Crippen molar-refractivity contribution in [1.82, 2.24) is 0 Å². The Morgan fingerprint density at radius 2 is 1.48 bits per heavy atom. The van der Waals surface area contributed by atoms with E-state index in [0.29, 0.717) is 5.69 Å². The minimum atomic E-state index is 0.681. The van der Waals surface area contributed by atoms with Gasteiger partial charge in [0, 0.05) is 6.07 Å². The minimum absolute atomic E-state index is 0.681. The second-order valence-electron chi connectivity index (χ2n) is 4.09. The average Bonchev–Trinajstić information content (AvgIpc) is 2.55. The first-order valence-corrected chi connectivity index (χ1v) is 6.38. The summed E-state index contributed by atoms with van der Waals surface area (Å²) in [6.07, 6.45) is 1.76. The molecule has 112 valence electrons. The first-order chi connectivity index (χ1) is 10.1. The molecule has 0 radical (unpaired) electrons. The maximum absolute atomic E-state index is 5.51. The molecule has 0 unspecified atom stereocenters. The van der Waals surface area contributed by atoms with E-state index in [1.54, 1.807) is 33.5 Å². The number of methoxy groups -OCH3 is 3. The number of para-hydroxylation sites is 2. The molecule has 0 heterocycles. The lowest BCUT2D eigenvalue weighted by Crippen LogP contribution is -1.89. The van der Waals surface area contributed by atoms with Crippen LogP contribution in [-0.2, 0) is 0 Å². The molecule has 0 aliphatic heterocycles. The van der Waals surface area contributed by atoms with Crippen LogP contribution in [0.1, 0.15) is 5.56 Å². The molecule has 0 fully saturated rings. The summed E-state index contributed by atoms with van der Waals surface area (Å²) in [7, 11) is 4.86. The molecule has 2 N–H and O–H groups in total. The summed E-state index contributed by atoms with van der Waals surface area (Å²) in [5.74, 6) is 2.30. The van der Waals surface area contributed by atoms with Gasteiger partial charge in [-0.1, -0.05) is 24.8 Å². The van der Waals surface area contributed by atoms with Crippen LogP contribution in [-0.4, -0.2) is 21.3 Å². The molecular formula is C17H21NO3.